The first-order valence-corrected chi connectivity index (χ1v) is 10.2. The van der Waals surface area contributed by atoms with Crippen LogP contribution < -0.4 is 15.6 Å². The Morgan fingerprint density at radius 1 is 1.12 bits per heavy atom. The molecule has 4 aromatic heterocycles. The predicted molar refractivity (Wildman–Crippen MR) is 122 cm³/mol. The van der Waals surface area contributed by atoms with E-state index in [1.54, 1.807) is 44.6 Å². The van der Waals surface area contributed by atoms with E-state index < -0.39 is 5.60 Å². The van der Waals surface area contributed by atoms with Gasteiger partial charge >= 0.3 is 0 Å². The predicted octanol–water partition coefficient (Wildman–Crippen LogP) is 3.00. The molecule has 4 rings (SSSR count). The maximum absolute atomic E-state index is 11.9. The number of aliphatic hydroxyl groups is 1. The van der Waals surface area contributed by atoms with Gasteiger partial charge in [0.15, 0.2) is 11.6 Å². The Morgan fingerprint density at radius 3 is 2.59 bits per heavy atom. The molecule has 0 amide bonds. The van der Waals surface area contributed by atoms with Crippen LogP contribution in [0.4, 0.5) is 11.6 Å². The Morgan fingerprint density at radius 2 is 1.88 bits per heavy atom. The fourth-order valence-electron chi connectivity index (χ4n) is 3.32. The highest BCUT2D eigenvalue weighted by molar-refractivity contribution is 5.75. The number of hydrogen-bond acceptors (Lipinski definition) is 7. The van der Waals surface area contributed by atoms with Crippen LogP contribution >= 0.6 is 0 Å². The summed E-state index contributed by atoms with van der Waals surface area (Å²) in [6.07, 6.45) is 3.54. The molecule has 166 valence electrons. The molecule has 2 N–H and O–H groups in total. The molecule has 9 heteroatoms. The van der Waals surface area contributed by atoms with Crippen LogP contribution in [-0.4, -0.2) is 41.7 Å². The molecule has 0 fully saturated rings. The number of nitrogens with one attached hydrogen (secondary N) is 1. The third-order valence-corrected chi connectivity index (χ3v) is 4.86. The Balaban J connectivity index is 1.67. The molecule has 4 aromatic rings. The highest BCUT2D eigenvalue weighted by Crippen LogP contribution is 2.32. The summed E-state index contributed by atoms with van der Waals surface area (Å²) in [5.41, 5.74) is 3.07. The summed E-state index contributed by atoms with van der Waals surface area (Å²) in [5, 5.41) is 21.9. The average Bonchev–Trinajstić information content (AvgIpc) is 3.11. The minimum atomic E-state index is -0.953. The fourth-order valence-corrected chi connectivity index (χ4v) is 3.32. The molecule has 0 aliphatic heterocycles. The molecule has 0 bridgehead atoms. The van der Waals surface area contributed by atoms with Crippen LogP contribution in [0.1, 0.15) is 25.1 Å². The second-order valence-corrected chi connectivity index (χ2v) is 8.50. The number of aryl methyl sites for hydroxylation is 3. The second kappa shape index (κ2) is 8.08. The molecule has 0 spiro atoms. The highest BCUT2D eigenvalue weighted by atomic mass is 16.5. The number of fused-ring (bicyclic) bond motifs is 1. The number of anilines is 2. The molecule has 0 saturated carbocycles. The number of pyridine rings is 2. The van der Waals surface area contributed by atoms with Gasteiger partial charge in [0.2, 0.25) is 0 Å². The van der Waals surface area contributed by atoms with Crippen molar-refractivity contribution in [3.05, 3.63) is 64.3 Å². The van der Waals surface area contributed by atoms with E-state index in [-0.39, 0.29) is 12.2 Å². The monoisotopic (exact) mass is 434 g/mol. The Labute approximate surface area is 185 Å². The molecule has 0 aliphatic rings. The molecule has 0 saturated heterocycles. The summed E-state index contributed by atoms with van der Waals surface area (Å²) in [6, 6.07) is 9.51. The van der Waals surface area contributed by atoms with E-state index in [1.165, 1.54) is 4.68 Å². The second-order valence-electron chi connectivity index (χ2n) is 8.50. The van der Waals surface area contributed by atoms with Crippen LogP contribution in [0.25, 0.3) is 16.6 Å². The maximum Gasteiger partial charge on any atom is 0.269 e. The molecular formula is C23H26N6O3. The summed E-state index contributed by atoms with van der Waals surface area (Å²) in [6.45, 7) is 7.22. The SMILES string of the molecule is Cc1cc(-c2ccn3nc(Nc4cc(C)c(=O)n(C)n4)cc3c2)c(OCC(C)(C)O)cn1. The standard InChI is InChI=1S/C23H26N6O3/c1-14-8-20(26-28(5)22(14)30)25-21-11-17-10-16(6-7-29(17)27-21)18-9-15(2)24-12-19(18)32-13-23(3,4)31/h6-12,31H,13H2,1-5H3,(H,25,26,27). The van der Waals surface area contributed by atoms with Gasteiger partial charge in [-0.05, 0) is 57.5 Å². The van der Waals surface area contributed by atoms with Crippen LogP contribution in [0.15, 0.2) is 47.5 Å². The van der Waals surface area contributed by atoms with Crippen molar-refractivity contribution in [1.82, 2.24) is 24.4 Å². The minimum Gasteiger partial charge on any atom is -0.488 e. The van der Waals surface area contributed by atoms with Gasteiger partial charge in [0, 0.05) is 36.1 Å². The van der Waals surface area contributed by atoms with Gasteiger partial charge in [-0.3, -0.25) is 9.78 Å². The van der Waals surface area contributed by atoms with Crippen molar-refractivity contribution < 1.29 is 9.84 Å². The van der Waals surface area contributed by atoms with E-state index >= 15 is 0 Å². The number of nitrogens with zero attached hydrogens (tertiary/aromatic N) is 5. The van der Waals surface area contributed by atoms with Gasteiger partial charge in [-0.1, -0.05) is 0 Å². The molecule has 0 unspecified atom stereocenters. The van der Waals surface area contributed by atoms with Crippen LogP contribution in [-0.2, 0) is 7.05 Å². The Kier molecular flexibility index (Phi) is 5.43. The molecule has 0 radical (unpaired) electrons. The van der Waals surface area contributed by atoms with E-state index in [0.29, 0.717) is 22.9 Å². The zero-order chi connectivity index (χ0) is 23.0. The van der Waals surface area contributed by atoms with Crippen molar-refractivity contribution >= 4 is 17.2 Å². The molecular weight excluding hydrogens is 408 g/mol. The van der Waals surface area contributed by atoms with Crippen molar-refractivity contribution in [2.75, 3.05) is 11.9 Å². The van der Waals surface area contributed by atoms with E-state index in [4.69, 9.17) is 4.74 Å². The smallest absolute Gasteiger partial charge is 0.269 e. The van der Waals surface area contributed by atoms with Crippen LogP contribution in [0.2, 0.25) is 0 Å². The first-order valence-electron chi connectivity index (χ1n) is 10.2. The van der Waals surface area contributed by atoms with Crippen molar-refractivity contribution in [2.45, 2.75) is 33.3 Å². The van der Waals surface area contributed by atoms with Gasteiger partial charge in [-0.2, -0.15) is 10.2 Å². The van der Waals surface area contributed by atoms with Crippen molar-refractivity contribution in [1.29, 1.82) is 0 Å². The summed E-state index contributed by atoms with van der Waals surface area (Å²) in [4.78, 5) is 16.2. The van der Waals surface area contributed by atoms with Gasteiger partial charge < -0.3 is 15.2 Å². The molecule has 32 heavy (non-hydrogen) atoms. The Bertz CT molecular complexity index is 1320. The van der Waals surface area contributed by atoms with Gasteiger partial charge in [0.25, 0.3) is 5.56 Å². The first-order chi connectivity index (χ1) is 15.1. The molecule has 0 atom stereocenters. The maximum atomic E-state index is 11.9. The molecule has 4 heterocycles. The zero-order valence-electron chi connectivity index (χ0n) is 18.7. The van der Waals surface area contributed by atoms with Crippen LogP contribution in [0.5, 0.6) is 5.75 Å². The van der Waals surface area contributed by atoms with Crippen molar-refractivity contribution in [3.8, 4) is 16.9 Å². The lowest BCUT2D eigenvalue weighted by Gasteiger charge is -2.19. The summed E-state index contributed by atoms with van der Waals surface area (Å²) >= 11 is 0. The van der Waals surface area contributed by atoms with Crippen molar-refractivity contribution in [3.63, 3.8) is 0 Å². The third kappa shape index (κ3) is 4.62. The average molecular weight is 435 g/mol. The number of aromatic nitrogens is 5. The zero-order valence-corrected chi connectivity index (χ0v) is 18.7. The highest BCUT2D eigenvalue weighted by Gasteiger charge is 2.16. The number of ether oxygens (including phenoxy) is 1. The Hall–Kier alpha value is -3.72. The fraction of sp³-hybridized carbons (Fsp3) is 0.304. The summed E-state index contributed by atoms with van der Waals surface area (Å²) in [7, 11) is 1.62. The van der Waals surface area contributed by atoms with Gasteiger partial charge in [-0.25, -0.2) is 9.20 Å². The quantitative estimate of drug-likeness (QED) is 0.480. The topological polar surface area (TPSA) is 107 Å². The lowest BCUT2D eigenvalue weighted by Crippen LogP contribution is -2.28. The molecule has 0 aromatic carbocycles. The largest absolute Gasteiger partial charge is 0.488 e. The number of rotatable bonds is 6. The first kappa shape index (κ1) is 21.5. The van der Waals surface area contributed by atoms with Gasteiger partial charge in [0.1, 0.15) is 12.4 Å². The van der Waals surface area contributed by atoms with E-state index in [9.17, 15) is 9.90 Å². The molecule has 9 nitrogen and oxygen atoms in total. The minimum absolute atomic E-state index is 0.134. The van der Waals surface area contributed by atoms with E-state index in [0.717, 1.165) is 22.3 Å². The van der Waals surface area contributed by atoms with Gasteiger partial charge in [-0.15, -0.1) is 0 Å². The van der Waals surface area contributed by atoms with Crippen LogP contribution in [0, 0.1) is 13.8 Å². The van der Waals surface area contributed by atoms with Gasteiger partial charge in [0.05, 0.1) is 17.3 Å². The van der Waals surface area contributed by atoms with E-state index in [2.05, 4.69) is 20.5 Å². The number of hydrogen-bond donors (Lipinski definition) is 2. The van der Waals surface area contributed by atoms with Crippen molar-refractivity contribution in [2.24, 2.45) is 7.05 Å². The lowest BCUT2D eigenvalue weighted by molar-refractivity contribution is 0.0286. The summed E-state index contributed by atoms with van der Waals surface area (Å²) < 4.78 is 8.91. The third-order valence-electron chi connectivity index (χ3n) is 4.86. The summed E-state index contributed by atoms with van der Waals surface area (Å²) in [5.74, 6) is 1.75. The molecule has 0 aliphatic carbocycles. The lowest BCUT2D eigenvalue weighted by atomic mass is 10.1. The normalized spacial score (nSPS) is 11.7. The van der Waals surface area contributed by atoms with E-state index in [1.807, 2.05) is 37.4 Å². The van der Waals surface area contributed by atoms with Crippen LogP contribution in [0.3, 0.4) is 0 Å².